The zero-order valence-electron chi connectivity index (χ0n) is 14.1. The number of nitro groups is 1. The highest BCUT2D eigenvalue weighted by molar-refractivity contribution is 5.38. The standard InChI is InChI=1S/C19H21N3O2.ClH/c20-19-15-4-1-2-6-17(15)21(18-7-3-5-16(18)19)12-13-8-10-14(11-9-13)22(23)24;/h8-11,20H,1-7,12H2;1H/p-1. The molecule has 2 aliphatic carbocycles. The Labute approximate surface area is 152 Å². The van der Waals surface area contributed by atoms with Crippen molar-refractivity contribution in [1.82, 2.24) is 4.57 Å². The topological polar surface area (TPSA) is 71.9 Å². The van der Waals surface area contributed by atoms with E-state index in [1.807, 2.05) is 12.1 Å². The molecule has 1 heterocycles. The summed E-state index contributed by atoms with van der Waals surface area (Å²) in [4.78, 5) is 10.5. The van der Waals surface area contributed by atoms with E-state index in [2.05, 4.69) is 4.57 Å². The van der Waals surface area contributed by atoms with E-state index >= 15 is 0 Å². The smallest absolute Gasteiger partial charge is 0.269 e. The van der Waals surface area contributed by atoms with Crippen molar-refractivity contribution >= 4 is 5.69 Å². The van der Waals surface area contributed by atoms with Crippen LogP contribution in [0.2, 0.25) is 0 Å². The third-order valence-corrected chi connectivity index (χ3v) is 5.37. The molecule has 1 N–H and O–H groups in total. The lowest BCUT2D eigenvalue weighted by Gasteiger charge is -2.26. The molecule has 0 amide bonds. The van der Waals surface area contributed by atoms with E-state index in [0.717, 1.165) is 49.6 Å². The Kier molecular flexibility index (Phi) is 4.95. The van der Waals surface area contributed by atoms with Crippen molar-refractivity contribution in [3.63, 3.8) is 0 Å². The summed E-state index contributed by atoms with van der Waals surface area (Å²) in [5, 5.41) is 20.2. The first-order chi connectivity index (χ1) is 11.6. The maximum atomic E-state index is 10.8. The number of rotatable bonds is 3. The van der Waals surface area contributed by atoms with Crippen LogP contribution in [0.3, 0.4) is 0 Å². The molecule has 0 saturated carbocycles. The average molecular weight is 359 g/mol. The van der Waals surface area contributed by atoms with Crippen LogP contribution in [-0.4, -0.2) is 9.49 Å². The number of nitro benzene ring substituents is 1. The molecule has 0 fully saturated rings. The highest BCUT2D eigenvalue weighted by Gasteiger charge is 2.24. The predicted molar refractivity (Wildman–Crippen MR) is 91.2 cm³/mol. The Bertz CT molecular complexity index is 872. The molecule has 0 atom stereocenters. The van der Waals surface area contributed by atoms with Crippen LogP contribution in [0.15, 0.2) is 24.3 Å². The summed E-state index contributed by atoms with van der Waals surface area (Å²) < 4.78 is 2.41. The number of non-ortho nitro benzene ring substituents is 1. The molecule has 6 heteroatoms. The molecule has 4 rings (SSSR count). The molecule has 5 nitrogen and oxygen atoms in total. The number of nitrogens with zero attached hydrogens (tertiary/aromatic N) is 2. The van der Waals surface area contributed by atoms with Crippen LogP contribution in [0.5, 0.6) is 0 Å². The zero-order chi connectivity index (χ0) is 16.7. The first-order valence-electron chi connectivity index (χ1n) is 8.69. The molecule has 1 aromatic carbocycles. The fourth-order valence-electron chi connectivity index (χ4n) is 4.19. The van der Waals surface area contributed by atoms with Gasteiger partial charge in [0.25, 0.3) is 5.69 Å². The summed E-state index contributed by atoms with van der Waals surface area (Å²) in [6, 6.07) is 6.88. The largest absolute Gasteiger partial charge is 1.00 e. The fourth-order valence-corrected chi connectivity index (χ4v) is 4.19. The summed E-state index contributed by atoms with van der Waals surface area (Å²) >= 11 is 0. The quantitative estimate of drug-likeness (QED) is 0.633. The maximum Gasteiger partial charge on any atom is 0.269 e. The van der Waals surface area contributed by atoms with E-state index in [1.54, 1.807) is 12.1 Å². The van der Waals surface area contributed by atoms with Crippen LogP contribution in [-0.2, 0) is 32.2 Å². The van der Waals surface area contributed by atoms with Gasteiger partial charge < -0.3 is 22.4 Å². The van der Waals surface area contributed by atoms with Crippen LogP contribution < -0.4 is 17.8 Å². The van der Waals surface area contributed by atoms with Gasteiger partial charge in [-0.3, -0.25) is 10.1 Å². The van der Waals surface area contributed by atoms with Gasteiger partial charge in [-0.15, -0.1) is 0 Å². The lowest BCUT2D eigenvalue weighted by atomic mass is 9.92. The third-order valence-electron chi connectivity index (χ3n) is 5.37. The highest BCUT2D eigenvalue weighted by atomic mass is 35.5. The van der Waals surface area contributed by atoms with Gasteiger partial charge in [0.15, 0.2) is 0 Å². The second-order valence-electron chi connectivity index (χ2n) is 6.80. The minimum Gasteiger partial charge on any atom is -1.00 e. The van der Waals surface area contributed by atoms with Gasteiger partial charge in [0.05, 0.1) is 10.3 Å². The van der Waals surface area contributed by atoms with E-state index < -0.39 is 0 Å². The lowest BCUT2D eigenvalue weighted by Crippen LogP contribution is -3.00. The average Bonchev–Trinajstić information content (AvgIpc) is 3.09. The predicted octanol–water partition coefficient (Wildman–Crippen LogP) is 0.296. The molecule has 2 aromatic rings. The number of aromatic nitrogens is 1. The second-order valence-corrected chi connectivity index (χ2v) is 6.80. The van der Waals surface area contributed by atoms with E-state index in [0.29, 0.717) is 0 Å². The molecule has 132 valence electrons. The Morgan fingerprint density at radius 1 is 0.960 bits per heavy atom. The number of hydrogen-bond acceptors (Lipinski definition) is 3. The van der Waals surface area contributed by atoms with Gasteiger partial charge in [0, 0.05) is 30.1 Å². The van der Waals surface area contributed by atoms with Gasteiger partial charge in [-0.2, -0.15) is 0 Å². The molecule has 0 unspecified atom stereocenters. The van der Waals surface area contributed by atoms with E-state index in [9.17, 15) is 10.1 Å². The van der Waals surface area contributed by atoms with Crippen molar-refractivity contribution in [2.24, 2.45) is 0 Å². The fraction of sp³-hybridized carbons (Fsp3) is 0.421. The highest BCUT2D eigenvalue weighted by Crippen LogP contribution is 2.28. The third kappa shape index (κ3) is 3.09. The van der Waals surface area contributed by atoms with Gasteiger partial charge in [-0.05, 0) is 61.6 Å². The first-order valence-corrected chi connectivity index (χ1v) is 8.69. The van der Waals surface area contributed by atoms with Crippen LogP contribution in [0, 0.1) is 15.5 Å². The first kappa shape index (κ1) is 17.7. The lowest BCUT2D eigenvalue weighted by molar-refractivity contribution is -0.384. The minimum atomic E-state index is -0.356. The molecule has 0 radical (unpaired) electrons. The zero-order valence-corrected chi connectivity index (χ0v) is 14.8. The normalized spacial score (nSPS) is 15.2. The number of nitrogens with one attached hydrogen (secondary N) is 1. The Morgan fingerprint density at radius 2 is 1.52 bits per heavy atom. The summed E-state index contributed by atoms with van der Waals surface area (Å²) in [5.41, 5.74) is 6.34. The summed E-state index contributed by atoms with van der Waals surface area (Å²) in [7, 11) is 0. The van der Waals surface area contributed by atoms with Crippen molar-refractivity contribution < 1.29 is 17.3 Å². The second kappa shape index (κ2) is 7.00. The van der Waals surface area contributed by atoms with Crippen molar-refractivity contribution in [2.75, 3.05) is 0 Å². The van der Waals surface area contributed by atoms with Crippen LogP contribution >= 0.6 is 0 Å². The Hall–Kier alpha value is -2.14. The number of pyridine rings is 1. The monoisotopic (exact) mass is 358 g/mol. The maximum absolute atomic E-state index is 10.8. The van der Waals surface area contributed by atoms with Crippen LogP contribution in [0.25, 0.3) is 0 Å². The molecular weight excluding hydrogens is 338 g/mol. The Morgan fingerprint density at radius 3 is 2.16 bits per heavy atom. The van der Waals surface area contributed by atoms with E-state index in [-0.39, 0.29) is 23.0 Å². The molecule has 0 spiro atoms. The SMILES string of the molecule is N=c1c2c(n(Cc3ccc([N+](=O)[O-])cc3)c3c1CCC3)CCCC2.[Cl-]. The van der Waals surface area contributed by atoms with Gasteiger partial charge in [0.2, 0.25) is 0 Å². The van der Waals surface area contributed by atoms with Gasteiger partial charge in [-0.1, -0.05) is 12.1 Å². The molecular formula is C19H21ClN3O2-. The number of fused-ring (bicyclic) bond motifs is 2. The molecule has 1 aromatic heterocycles. The summed E-state index contributed by atoms with van der Waals surface area (Å²) in [6.45, 7) is 0.753. The van der Waals surface area contributed by atoms with Gasteiger partial charge in [0.1, 0.15) is 0 Å². The Balaban J connectivity index is 0.00000182. The van der Waals surface area contributed by atoms with Gasteiger partial charge >= 0.3 is 0 Å². The summed E-state index contributed by atoms with van der Waals surface area (Å²) in [6.07, 6.45) is 7.61. The van der Waals surface area contributed by atoms with Crippen molar-refractivity contribution in [1.29, 1.82) is 5.41 Å². The number of benzene rings is 1. The van der Waals surface area contributed by atoms with Crippen LogP contribution in [0.4, 0.5) is 5.69 Å². The minimum absolute atomic E-state index is 0. The summed E-state index contributed by atoms with van der Waals surface area (Å²) in [5.74, 6) is 0. The van der Waals surface area contributed by atoms with Gasteiger partial charge in [-0.25, -0.2) is 0 Å². The van der Waals surface area contributed by atoms with Crippen LogP contribution in [0.1, 0.15) is 47.3 Å². The van der Waals surface area contributed by atoms with E-state index in [4.69, 9.17) is 5.41 Å². The number of halogens is 1. The van der Waals surface area contributed by atoms with Crippen molar-refractivity contribution in [3.8, 4) is 0 Å². The molecule has 0 bridgehead atoms. The van der Waals surface area contributed by atoms with E-state index in [1.165, 1.54) is 35.4 Å². The van der Waals surface area contributed by atoms with Crippen molar-refractivity contribution in [2.45, 2.75) is 51.5 Å². The van der Waals surface area contributed by atoms with Crippen molar-refractivity contribution in [3.05, 3.63) is 67.8 Å². The molecule has 2 aliphatic rings. The molecule has 0 aliphatic heterocycles. The molecule has 0 saturated heterocycles. The number of hydrogen-bond donors (Lipinski definition) is 1. The molecule has 25 heavy (non-hydrogen) atoms.